The van der Waals surface area contributed by atoms with E-state index in [0.717, 1.165) is 19.3 Å². The second kappa shape index (κ2) is 6.37. The molecule has 1 amide bonds. The fourth-order valence-corrected chi connectivity index (χ4v) is 2.87. The van der Waals surface area contributed by atoms with E-state index < -0.39 is 11.5 Å². The molecule has 3 unspecified atom stereocenters. The van der Waals surface area contributed by atoms with Gasteiger partial charge in [-0.1, -0.05) is 26.7 Å². The van der Waals surface area contributed by atoms with Gasteiger partial charge in [0, 0.05) is 6.04 Å². The highest BCUT2D eigenvalue weighted by Crippen LogP contribution is 2.32. The molecule has 0 heterocycles. The van der Waals surface area contributed by atoms with Crippen molar-refractivity contribution >= 4 is 11.9 Å². The molecule has 3 atom stereocenters. The molecule has 0 aromatic heterocycles. The van der Waals surface area contributed by atoms with Crippen LogP contribution in [0.15, 0.2) is 0 Å². The zero-order chi connectivity index (χ0) is 14.6. The van der Waals surface area contributed by atoms with Gasteiger partial charge in [0.15, 0.2) is 0 Å². The van der Waals surface area contributed by atoms with Crippen LogP contribution in [0, 0.1) is 5.92 Å². The Balaban J connectivity index is 2.88. The van der Waals surface area contributed by atoms with Crippen molar-refractivity contribution in [2.45, 2.75) is 64.5 Å². The lowest BCUT2D eigenvalue weighted by atomic mass is 9.76. The second-order valence-corrected chi connectivity index (χ2v) is 5.94. The molecular weight excluding hydrogens is 244 g/mol. The summed E-state index contributed by atoms with van der Waals surface area (Å²) >= 11 is 0. The van der Waals surface area contributed by atoms with Gasteiger partial charge < -0.3 is 15.7 Å². The summed E-state index contributed by atoms with van der Waals surface area (Å²) in [6.45, 7) is 5.65. The van der Waals surface area contributed by atoms with Crippen LogP contribution in [0.5, 0.6) is 0 Å². The van der Waals surface area contributed by atoms with Gasteiger partial charge in [0.05, 0.1) is 5.54 Å². The largest absolute Gasteiger partial charge is 0.480 e. The first-order chi connectivity index (χ1) is 8.80. The molecule has 5 nitrogen and oxygen atoms in total. The zero-order valence-electron chi connectivity index (χ0n) is 12.2. The molecule has 1 fully saturated rings. The molecule has 0 spiro atoms. The summed E-state index contributed by atoms with van der Waals surface area (Å²) in [5, 5.41) is 8.98. The van der Waals surface area contributed by atoms with Crippen molar-refractivity contribution in [3.63, 3.8) is 0 Å². The third kappa shape index (κ3) is 3.93. The summed E-state index contributed by atoms with van der Waals surface area (Å²) in [4.78, 5) is 25.0. The lowest BCUT2D eigenvalue weighted by Crippen LogP contribution is -2.59. The molecule has 0 aromatic rings. The lowest BCUT2D eigenvalue weighted by Gasteiger charge is -2.40. The van der Waals surface area contributed by atoms with Crippen LogP contribution in [0.2, 0.25) is 0 Å². The molecule has 1 rings (SSSR count). The molecule has 1 saturated carbocycles. The summed E-state index contributed by atoms with van der Waals surface area (Å²) < 4.78 is 0. The van der Waals surface area contributed by atoms with E-state index in [-0.39, 0.29) is 18.5 Å². The second-order valence-electron chi connectivity index (χ2n) is 5.94. The van der Waals surface area contributed by atoms with E-state index in [1.54, 1.807) is 0 Å². The van der Waals surface area contributed by atoms with Crippen molar-refractivity contribution in [1.82, 2.24) is 4.90 Å². The smallest absolute Gasteiger partial charge is 0.323 e. The van der Waals surface area contributed by atoms with Crippen molar-refractivity contribution in [3.8, 4) is 0 Å². The predicted molar refractivity (Wildman–Crippen MR) is 73.7 cm³/mol. The number of carbonyl (C=O) groups excluding carboxylic acids is 1. The first-order valence-corrected chi connectivity index (χ1v) is 7.12. The van der Waals surface area contributed by atoms with Gasteiger partial charge in [0.2, 0.25) is 5.91 Å². The highest BCUT2D eigenvalue weighted by atomic mass is 16.4. The van der Waals surface area contributed by atoms with Crippen molar-refractivity contribution in [2.75, 3.05) is 6.54 Å². The van der Waals surface area contributed by atoms with Crippen LogP contribution in [0.1, 0.15) is 52.9 Å². The van der Waals surface area contributed by atoms with Crippen LogP contribution in [-0.4, -0.2) is 40.0 Å². The molecule has 0 saturated heterocycles. The van der Waals surface area contributed by atoms with Gasteiger partial charge in [0.1, 0.15) is 6.54 Å². The Labute approximate surface area is 115 Å². The average Bonchev–Trinajstić information content (AvgIpc) is 2.33. The zero-order valence-corrected chi connectivity index (χ0v) is 12.2. The molecule has 5 heteroatoms. The van der Waals surface area contributed by atoms with E-state index in [1.807, 2.05) is 13.8 Å². The minimum absolute atomic E-state index is 0.0961. The highest BCUT2D eigenvalue weighted by molar-refractivity contribution is 5.89. The summed E-state index contributed by atoms with van der Waals surface area (Å²) in [7, 11) is 0. The Hall–Kier alpha value is -1.10. The Bertz CT molecular complexity index is 346. The van der Waals surface area contributed by atoms with Gasteiger partial charge in [0.25, 0.3) is 0 Å². The maximum atomic E-state index is 12.6. The van der Waals surface area contributed by atoms with Crippen LogP contribution >= 0.6 is 0 Å². The summed E-state index contributed by atoms with van der Waals surface area (Å²) in [5.41, 5.74) is 5.40. The molecule has 0 aliphatic heterocycles. The number of nitrogens with zero attached hydrogens (tertiary/aromatic N) is 1. The van der Waals surface area contributed by atoms with E-state index in [9.17, 15) is 9.59 Å². The lowest BCUT2D eigenvalue weighted by molar-refractivity contribution is -0.150. The average molecular weight is 270 g/mol. The van der Waals surface area contributed by atoms with E-state index in [2.05, 4.69) is 6.92 Å². The SMILES string of the molecule is CCC(C)N(CC(=O)O)C(=O)C1(N)CCCC(C)C1. The Morgan fingerprint density at radius 2 is 2.16 bits per heavy atom. The monoisotopic (exact) mass is 270 g/mol. The van der Waals surface area contributed by atoms with Gasteiger partial charge >= 0.3 is 5.97 Å². The molecule has 19 heavy (non-hydrogen) atoms. The molecular formula is C14H26N2O3. The van der Waals surface area contributed by atoms with E-state index in [1.165, 1.54) is 4.90 Å². The number of carboxylic acids is 1. The predicted octanol–water partition coefficient (Wildman–Crippen LogP) is 1.61. The van der Waals surface area contributed by atoms with Crippen LogP contribution < -0.4 is 5.73 Å². The Morgan fingerprint density at radius 3 is 2.63 bits per heavy atom. The van der Waals surface area contributed by atoms with Gasteiger partial charge in [-0.25, -0.2) is 0 Å². The number of amides is 1. The maximum absolute atomic E-state index is 12.6. The Morgan fingerprint density at radius 1 is 1.53 bits per heavy atom. The number of carbonyl (C=O) groups is 2. The van der Waals surface area contributed by atoms with Gasteiger partial charge in [-0.2, -0.15) is 0 Å². The van der Waals surface area contributed by atoms with E-state index in [0.29, 0.717) is 18.8 Å². The Kier molecular flexibility index (Phi) is 5.35. The number of hydrogen-bond acceptors (Lipinski definition) is 3. The van der Waals surface area contributed by atoms with Crippen LogP contribution in [0.3, 0.4) is 0 Å². The van der Waals surface area contributed by atoms with Gasteiger partial charge in [-0.05, 0) is 32.1 Å². The standard InChI is InChI=1S/C14H26N2O3/c1-4-11(3)16(9-12(17)18)13(19)14(15)7-5-6-10(2)8-14/h10-11H,4-9,15H2,1-3H3,(H,17,18). The maximum Gasteiger partial charge on any atom is 0.323 e. The van der Waals surface area contributed by atoms with Crippen LogP contribution in [0.4, 0.5) is 0 Å². The topological polar surface area (TPSA) is 83.6 Å². The number of nitrogens with two attached hydrogens (primary N) is 1. The molecule has 0 radical (unpaired) electrons. The molecule has 110 valence electrons. The van der Waals surface area contributed by atoms with Gasteiger partial charge in [-0.15, -0.1) is 0 Å². The highest BCUT2D eigenvalue weighted by Gasteiger charge is 2.41. The van der Waals surface area contributed by atoms with Crippen LogP contribution in [0.25, 0.3) is 0 Å². The van der Waals surface area contributed by atoms with Crippen LogP contribution in [-0.2, 0) is 9.59 Å². The third-order valence-electron chi connectivity index (χ3n) is 4.15. The van der Waals surface area contributed by atoms with E-state index in [4.69, 9.17) is 10.8 Å². The molecule has 3 N–H and O–H groups in total. The normalized spacial score (nSPS) is 28.7. The third-order valence-corrected chi connectivity index (χ3v) is 4.15. The van der Waals surface area contributed by atoms with Crippen molar-refractivity contribution < 1.29 is 14.7 Å². The molecule has 1 aliphatic rings. The van der Waals surface area contributed by atoms with Crippen molar-refractivity contribution in [2.24, 2.45) is 11.7 Å². The minimum Gasteiger partial charge on any atom is -0.480 e. The summed E-state index contributed by atoms with van der Waals surface area (Å²) in [6.07, 6.45) is 4.06. The molecule has 1 aliphatic carbocycles. The first-order valence-electron chi connectivity index (χ1n) is 7.12. The van der Waals surface area contributed by atoms with Crippen molar-refractivity contribution in [1.29, 1.82) is 0 Å². The number of rotatable bonds is 5. The minimum atomic E-state index is -0.985. The first kappa shape index (κ1) is 16.0. The molecule has 0 bridgehead atoms. The quantitative estimate of drug-likeness (QED) is 0.795. The summed E-state index contributed by atoms with van der Waals surface area (Å²) in [5.74, 6) is -0.761. The summed E-state index contributed by atoms with van der Waals surface area (Å²) in [6, 6.07) is -0.0961. The molecule has 0 aromatic carbocycles. The van der Waals surface area contributed by atoms with E-state index >= 15 is 0 Å². The number of hydrogen-bond donors (Lipinski definition) is 2. The van der Waals surface area contributed by atoms with Crippen molar-refractivity contribution in [3.05, 3.63) is 0 Å². The number of aliphatic carboxylic acids is 1. The fourth-order valence-electron chi connectivity index (χ4n) is 2.87. The van der Waals surface area contributed by atoms with Gasteiger partial charge in [-0.3, -0.25) is 9.59 Å². The number of carboxylic acid groups (broad SMARTS) is 1. The fraction of sp³-hybridized carbons (Fsp3) is 0.857.